The van der Waals surface area contributed by atoms with Crippen molar-refractivity contribution in [2.45, 2.75) is 32.4 Å². The van der Waals surface area contributed by atoms with E-state index < -0.39 is 6.10 Å². The molecular formula is C14H16Cl2N2O. The molecule has 19 heavy (non-hydrogen) atoms. The largest absolute Gasteiger partial charge is 0.386 e. The number of halogens is 2. The molecule has 1 aromatic heterocycles. The summed E-state index contributed by atoms with van der Waals surface area (Å²) in [5.41, 5.74) is 1.53. The fourth-order valence-electron chi connectivity index (χ4n) is 2.04. The summed E-state index contributed by atoms with van der Waals surface area (Å²) in [6.45, 7) is 3.99. The average Bonchev–Trinajstić information content (AvgIpc) is 2.74. The second-order valence-electron chi connectivity index (χ2n) is 4.73. The van der Waals surface area contributed by atoms with Crippen molar-refractivity contribution in [2.24, 2.45) is 0 Å². The zero-order valence-electron chi connectivity index (χ0n) is 10.8. The molecule has 2 rings (SSSR count). The monoisotopic (exact) mass is 298 g/mol. The minimum absolute atomic E-state index is 0.142. The van der Waals surface area contributed by atoms with Gasteiger partial charge in [0.25, 0.3) is 0 Å². The van der Waals surface area contributed by atoms with Gasteiger partial charge in [0.15, 0.2) is 0 Å². The van der Waals surface area contributed by atoms with Gasteiger partial charge in [0.05, 0.1) is 16.9 Å². The first-order valence-corrected chi connectivity index (χ1v) is 6.90. The second kappa shape index (κ2) is 5.95. The molecule has 3 nitrogen and oxygen atoms in total. The van der Waals surface area contributed by atoms with Gasteiger partial charge in [-0.2, -0.15) is 5.10 Å². The number of aliphatic hydroxyl groups excluding tert-OH is 1. The molecule has 1 aromatic carbocycles. The van der Waals surface area contributed by atoms with E-state index in [9.17, 15) is 5.11 Å². The summed E-state index contributed by atoms with van der Waals surface area (Å²) in [5.74, 6) is 0. The first-order valence-electron chi connectivity index (χ1n) is 6.15. The van der Waals surface area contributed by atoms with Crippen LogP contribution in [-0.2, 0) is 6.42 Å². The molecule has 0 saturated carbocycles. The van der Waals surface area contributed by atoms with E-state index in [1.807, 2.05) is 38.1 Å². The minimum Gasteiger partial charge on any atom is -0.386 e. The van der Waals surface area contributed by atoms with Crippen LogP contribution in [0.4, 0.5) is 0 Å². The van der Waals surface area contributed by atoms with E-state index in [2.05, 4.69) is 5.10 Å². The van der Waals surface area contributed by atoms with Gasteiger partial charge < -0.3 is 5.11 Å². The van der Waals surface area contributed by atoms with Crippen molar-refractivity contribution >= 4 is 23.2 Å². The molecule has 0 saturated heterocycles. The molecule has 2 aromatic rings. The van der Waals surface area contributed by atoms with Gasteiger partial charge in [-0.05, 0) is 25.5 Å². The van der Waals surface area contributed by atoms with E-state index in [4.69, 9.17) is 23.2 Å². The molecule has 102 valence electrons. The molecule has 1 N–H and O–H groups in total. The van der Waals surface area contributed by atoms with Crippen LogP contribution in [-0.4, -0.2) is 14.9 Å². The van der Waals surface area contributed by atoms with Crippen molar-refractivity contribution in [3.63, 3.8) is 0 Å². The van der Waals surface area contributed by atoms with Crippen LogP contribution in [0.25, 0.3) is 0 Å². The van der Waals surface area contributed by atoms with Crippen LogP contribution in [0.2, 0.25) is 10.0 Å². The van der Waals surface area contributed by atoms with Gasteiger partial charge in [-0.3, -0.25) is 4.68 Å². The van der Waals surface area contributed by atoms with Crippen LogP contribution < -0.4 is 0 Å². The lowest BCUT2D eigenvalue weighted by Crippen LogP contribution is -2.13. The third-order valence-electron chi connectivity index (χ3n) is 2.96. The summed E-state index contributed by atoms with van der Waals surface area (Å²) in [4.78, 5) is 0. The molecule has 0 fully saturated rings. The molecule has 1 unspecified atom stereocenters. The van der Waals surface area contributed by atoms with Gasteiger partial charge in [0.1, 0.15) is 6.10 Å². The summed E-state index contributed by atoms with van der Waals surface area (Å²) < 4.78 is 1.74. The lowest BCUT2D eigenvalue weighted by atomic mass is 10.1. The van der Waals surface area contributed by atoms with Crippen molar-refractivity contribution in [1.29, 1.82) is 0 Å². The van der Waals surface area contributed by atoms with Crippen LogP contribution in [0.15, 0.2) is 30.5 Å². The van der Waals surface area contributed by atoms with E-state index in [-0.39, 0.29) is 6.04 Å². The summed E-state index contributed by atoms with van der Waals surface area (Å²) in [6.07, 6.45) is 1.25. The molecule has 1 heterocycles. The maximum Gasteiger partial charge on any atom is 0.101 e. The number of aromatic nitrogens is 2. The van der Waals surface area contributed by atoms with E-state index >= 15 is 0 Å². The van der Waals surface area contributed by atoms with Gasteiger partial charge >= 0.3 is 0 Å². The molecule has 0 radical (unpaired) electrons. The summed E-state index contributed by atoms with van der Waals surface area (Å²) in [6, 6.07) is 7.61. The van der Waals surface area contributed by atoms with Gasteiger partial charge in [-0.1, -0.05) is 41.4 Å². The maximum absolute atomic E-state index is 10.4. The number of rotatable bonds is 4. The molecular weight excluding hydrogens is 283 g/mol. The van der Waals surface area contributed by atoms with Crippen molar-refractivity contribution in [1.82, 2.24) is 9.78 Å². The smallest absolute Gasteiger partial charge is 0.101 e. The molecule has 0 bridgehead atoms. The Morgan fingerprint density at radius 1 is 1.21 bits per heavy atom. The van der Waals surface area contributed by atoms with Crippen molar-refractivity contribution < 1.29 is 5.11 Å². The van der Waals surface area contributed by atoms with Crippen LogP contribution >= 0.6 is 23.2 Å². The number of nitrogens with zero attached hydrogens (tertiary/aromatic N) is 2. The number of aliphatic hydroxyl groups is 1. The molecule has 1 atom stereocenters. The molecule has 0 aliphatic carbocycles. The first kappa shape index (κ1) is 14.4. The number of hydrogen-bond acceptors (Lipinski definition) is 2. The Balaban J connectivity index is 2.28. The van der Waals surface area contributed by atoms with E-state index in [0.29, 0.717) is 22.2 Å². The topological polar surface area (TPSA) is 38.0 Å². The lowest BCUT2D eigenvalue weighted by Gasteiger charge is -2.17. The Kier molecular flexibility index (Phi) is 4.50. The minimum atomic E-state index is -0.725. The fraction of sp³-hybridized carbons (Fsp3) is 0.357. The Labute approximate surface area is 122 Å². The molecule has 0 spiro atoms. The van der Waals surface area contributed by atoms with Crippen molar-refractivity contribution in [3.05, 3.63) is 51.8 Å². The van der Waals surface area contributed by atoms with Crippen molar-refractivity contribution in [2.75, 3.05) is 0 Å². The number of hydrogen-bond donors (Lipinski definition) is 1. The maximum atomic E-state index is 10.4. The third-order valence-corrected chi connectivity index (χ3v) is 3.62. The normalized spacial score (nSPS) is 12.9. The predicted molar refractivity (Wildman–Crippen MR) is 77.7 cm³/mol. The molecule has 0 aliphatic rings. The average molecular weight is 299 g/mol. The standard InChI is InChI=1S/C14H16Cl2N2O/c1-9(2)18-14(12(16)8-17-18)13(19)7-10-5-3-4-6-11(10)15/h3-6,8-9,13,19H,7H2,1-2H3. The third kappa shape index (κ3) is 3.11. The fourth-order valence-corrected chi connectivity index (χ4v) is 2.51. The highest BCUT2D eigenvalue weighted by Gasteiger charge is 2.20. The van der Waals surface area contributed by atoms with Crippen LogP contribution in [0.3, 0.4) is 0 Å². The van der Waals surface area contributed by atoms with Gasteiger partial charge in [0, 0.05) is 17.5 Å². The van der Waals surface area contributed by atoms with Gasteiger partial charge in [0.2, 0.25) is 0 Å². The summed E-state index contributed by atoms with van der Waals surface area (Å²) in [5, 5.41) is 15.7. The van der Waals surface area contributed by atoms with Crippen LogP contribution in [0.1, 0.15) is 37.3 Å². The highest BCUT2D eigenvalue weighted by Crippen LogP contribution is 2.29. The lowest BCUT2D eigenvalue weighted by molar-refractivity contribution is 0.165. The Hall–Kier alpha value is -1.03. The first-order chi connectivity index (χ1) is 9.00. The highest BCUT2D eigenvalue weighted by atomic mass is 35.5. The van der Waals surface area contributed by atoms with Gasteiger partial charge in [-0.15, -0.1) is 0 Å². The predicted octanol–water partition coefficient (Wildman–Crippen LogP) is 4.05. The Bertz CT molecular complexity index is 566. The molecule has 0 aliphatic heterocycles. The zero-order valence-corrected chi connectivity index (χ0v) is 12.4. The van der Waals surface area contributed by atoms with Crippen molar-refractivity contribution in [3.8, 4) is 0 Å². The molecule has 5 heteroatoms. The van der Waals surface area contributed by atoms with E-state index in [1.54, 1.807) is 10.9 Å². The van der Waals surface area contributed by atoms with E-state index in [1.165, 1.54) is 0 Å². The molecule has 0 amide bonds. The SMILES string of the molecule is CC(C)n1ncc(Cl)c1C(O)Cc1ccccc1Cl. The second-order valence-corrected chi connectivity index (χ2v) is 5.54. The highest BCUT2D eigenvalue weighted by molar-refractivity contribution is 6.31. The van der Waals surface area contributed by atoms with Crippen LogP contribution in [0, 0.1) is 0 Å². The quantitative estimate of drug-likeness (QED) is 0.925. The summed E-state index contributed by atoms with van der Waals surface area (Å²) in [7, 11) is 0. The Morgan fingerprint density at radius 3 is 2.53 bits per heavy atom. The summed E-state index contributed by atoms with van der Waals surface area (Å²) >= 11 is 12.2. The zero-order chi connectivity index (χ0) is 14.0. The van der Waals surface area contributed by atoms with Gasteiger partial charge in [-0.25, -0.2) is 0 Å². The number of benzene rings is 1. The van der Waals surface area contributed by atoms with E-state index in [0.717, 1.165) is 5.56 Å². The Morgan fingerprint density at radius 2 is 1.89 bits per heavy atom. The van der Waals surface area contributed by atoms with Crippen LogP contribution in [0.5, 0.6) is 0 Å².